The van der Waals surface area contributed by atoms with Crippen LogP contribution in [0.25, 0.3) is 10.9 Å². The van der Waals surface area contributed by atoms with Crippen molar-refractivity contribution in [1.29, 1.82) is 0 Å². The molecule has 0 aliphatic carbocycles. The molecular weight excluding hydrogens is 324 g/mol. The Balaban J connectivity index is 1.36. The number of benzene rings is 1. The van der Waals surface area contributed by atoms with Gasteiger partial charge in [-0.1, -0.05) is 18.2 Å². The van der Waals surface area contributed by atoms with Crippen LogP contribution in [0.2, 0.25) is 0 Å². The molecule has 26 heavy (non-hydrogen) atoms. The summed E-state index contributed by atoms with van der Waals surface area (Å²) < 4.78 is 5.54. The van der Waals surface area contributed by atoms with Crippen LogP contribution in [0, 0.1) is 0 Å². The zero-order chi connectivity index (χ0) is 17.6. The highest BCUT2D eigenvalue weighted by atomic mass is 16.5. The molecule has 0 unspecified atom stereocenters. The van der Waals surface area contributed by atoms with Gasteiger partial charge < -0.3 is 19.9 Å². The summed E-state index contributed by atoms with van der Waals surface area (Å²) in [5, 5.41) is 5.14. The Morgan fingerprint density at radius 1 is 1.27 bits per heavy atom. The van der Waals surface area contributed by atoms with Gasteiger partial charge in [0.15, 0.2) is 11.6 Å². The van der Waals surface area contributed by atoms with Gasteiger partial charge >= 0.3 is 0 Å². The Kier molecular flexibility index (Phi) is 3.64. The summed E-state index contributed by atoms with van der Waals surface area (Å²) in [6.07, 6.45) is 7.42. The maximum Gasteiger partial charge on any atom is 0.171 e. The molecule has 134 valence electrons. The van der Waals surface area contributed by atoms with Crippen LogP contribution in [0.4, 0.5) is 5.82 Å². The largest absolute Gasteiger partial charge is 0.493 e. The highest BCUT2D eigenvalue weighted by Gasteiger charge is 2.49. The number of hydrogen-bond donors (Lipinski definition) is 2. The number of H-pyrrole nitrogens is 1. The number of fused-ring (bicyclic) bond motifs is 3. The molecule has 2 aromatic heterocycles. The molecule has 2 saturated heterocycles. The van der Waals surface area contributed by atoms with Crippen molar-refractivity contribution in [2.45, 2.75) is 30.8 Å². The van der Waals surface area contributed by atoms with Crippen LogP contribution in [0.15, 0.2) is 48.8 Å². The van der Waals surface area contributed by atoms with Crippen molar-refractivity contribution in [3.63, 3.8) is 0 Å². The molecule has 1 aromatic carbocycles. The lowest BCUT2D eigenvalue weighted by Crippen LogP contribution is -2.52. The van der Waals surface area contributed by atoms with Crippen LogP contribution in [0.3, 0.4) is 0 Å². The van der Waals surface area contributed by atoms with Crippen molar-refractivity contribution in [3.8, 4) is 5.75 Å². The third-order valence-electron chi connectivity index (χ3n) is 6.04. The Morgan fingerprint density at radius 3 is 3.12 bits per heavy atom. The van der Waals surface area contributed by atoms with Gasteiger partial charge in [0.05, 0.1) is 7.11 Å². The second-order valence-corrected chi connectivity index (χ2v) is 7.54. The highest BCUT2D eigenvalue weighted by molar-refractivity contribution is 5.83. The molecule has 2 aliphatic heterocycles. The summed E-state index contributed by atoms with van der Waals surface area (Å²) in [5.74, 6) is 1.85. The number of methoxy groups -OCH3 is 1. The Hall–Kier alpha value is -2.53. The standard InChI is InChI=1S/C21H24N4O/c1-26-19-7-4-10-22-20(19)25-14-21(11-16(25)13-24-21)9-8-15-12-23-18-6-3-2-5-17(15)18/h2-7,10,12,16,23-24H,8-9,11,13-14H2,1H3/t16-,21-/m1/s1. The SMILES string of the molecule is COc1cccnc1N1C[C@@]2(CCc3c[nH]c4ccccc34)C[C@@H]1CN2. The monoisotopic (exact) mass is 348 g/mol. The maximum absolute atomic E-state index is 5.54. The van der Waals surface area contributed by atoms with Crippen LogP contribution in [-0.4, -0.2) is 41.7 Å². The molecule has 0 amide bonds. The molecule has 0 radical (unpaired) electrons. The van der Waals surface area contributed by atoms with Crippen molar-refractivity contribution in [1.82, 2.24) is 15.3 Å². The third kappa shape index (κ3) is 2.46. The lowest BCUT2D eigenvalue weighted by atomic mass is 9.91. The van der Waals surface area contributed by atoms with Crippen LogP contribution in [0.1, 0.15) is 18.4 Å². The van der Waals surface area contributed by atoms with Crippen molar-refractivity contribution in [3.05, 3.63) is 54.4 Å². The fourth-order valence-electron chi connectivity index (χ4n) is 4.71. The molecular formula is C21H24N4O. The van der Waals surface area contributed by atoms with Crippen LogP contribution < -0.4 is 15.0 Å². The zero-order valence-electron chi connectivity index (χ0n) is 15.0. The van der Waals surface area contributed by atoms with Gasteiger partial charge in [-0.2, -0.15) is 0 Å². The number of piperazine rings is 1. The molecule has 2 atom stereocenters. The van der Waals surface area contributed by atoms with Crippen molar-refractivity contribution >= 4 is 16.7 Å². The molecule has 3 aromatic rings. The summed E-state index contributed by atoms with van der Waals surface area (Å²) in [6, 6.07) is 13.0. The van der Waals surface area contributed by atoms with E-state index in [2.05, 4.69) is 50.6 Å². The van der Waals surface area contributed by atoms with Gasteiger partial charge in [-0.3, -0.25) is 0 Å². The molecule has 2 fully saturated rings. The Bertz CT molecular complexity index is 936. The molecule has 2 N–H and O–H groups in total. The minimum absolute atomic E-state index is 0.172. The average Bonchev–Trinajstić information content (AvgIpc) is 3.39. The number of anilines is 1. The first-order valence-corrected chi connectivity index (χ1v) is 9.34. The number of aromatic amines is 1. The highest BCUT2D eigenvalue weighted by Crippen LogP contribution is 2.41. The van der Waals surface area contributed by atoms with Crippen LogP contribution in [0.5, 0.6) is 5.75 Å². The van der Waals surface area contributed by atoms with E-state index in [9.17, 15) is 0 Å². The first-order chi connectivity index (χ1) is 12.8. The number of para-hydroxylation sites is 1. The van der Waals surface area contributed by atoms with Gasteiger partial charge in [-0.25, -0.2) is 4.98 Å². The second-order valence-electron chi connectivity index (χ2n) is 7.54. The number of rotatable bonds is 5. The predicted molar refractivity (Wildman–Crippen MR) is 104 cm³/mol. The molecule has 2 aliphatic rings. The van der Waals surface area contributed by atoms with Crippen LogP contribution >= 0.6 is 0 Å². The lowest BCUT2D eigenvalue weighted by molar-refractivity contribution is 0.367. The maximum atomic E-state index is 5.54. The summed E-state index contributed by atoms with van der Waals surface area (Å²) in [5.41, 5.74) is 2.81. The first-order valence-electron chi connectivity index (χ1n) is 9.34. The van der Waals surface area contributed by atoms with Crippen LogP contribution in [-0.2, 0) is 6.42 Å². The quantitative estimate of drug-likeness (QED) is 0.744. The molecule has 0 spiro atoms. The van der Waals surface area contributed by atoms with Crippen molar-refractivity contribution in [2.24, 2.45) is 0 Å². The summed E-state index contributed by atoms with van der Waals surface area (Å²) >= 11 is 0. The van der Waals surface area contributed by atoms with E-state index in [4.69, 9.17) is 4.74 Å². The summed E-state index contributed by atoms with van der Waals surface area (Å²) in [4.78, 5) is 10.4. The average molecular weight is 348 g/mol. The van der Waals surface area contributed by atoms with E-state index in [1.165, 1.54) is 22.9 Å². The first kappa shape index (κ1) is 15.7. The van der Waals surface area contributed by atoms with Gasteiger partial charge in [-0.05, 0) is 43.0 Å². The van der Waals surface area contributed by atoms with Gasteiger partial charge in [0.2, 0.25) is 0 Å². The Labute approximate surface area is 153 Å². The topological polar surface area (TPSA) is 53.2 Å². The molecule has 2 bridgehead atoms. The molecule has 5 nitrogen and oxygen atoms in total. The number of ether oxygens (including phenoxy) is 1. The fourth-order valence-corrected chi connectivity index (χ4v) is 4.71. The number of nitrogens with zero attached hydrogens (tertiary/aromatic N) is 2. The number of nitrogens with one attached hydrogen (secondary N) is 2. The minimum atomic E-state index is 0.172. The minimum Gasteiger partial charge on any atom is -0.493 e. The van der Waals surface area contributed by atoms with E-state index < -0.39 is 0 Å². The Morgan fingerprint density at radius 2 is 2.19 bits per heavy atom. The van der Waals surface area contributed by atoms with Crippen molar-refractivity contribution in [2.75, 3.05) is 25.1 Å². The lowest BCUT2D eigenvalue weighted by Gasteiger charge is -2.35. The number of aryl methyl sites for hydroxylation is 1. The van der Waals surface area contributed by atoms with Crippen molar-refractivity contribution < 1.29 is 4.74 Å². The smallest absolute Gasteiger partial charge is 0.171 e. The summed E-state index contributed by atoms with van der Waals surface area (Å²) in [7, 11) is 1.72. The van der Waals surface area contributed by atoms with E-state index in [1.54, 1.807) is 7.11 Å². The van der Waals surface area contributed by atoms with Gasteiger partial charge in [0.1, 0.15) is 0 Å². The van der Waals surface area contributed by atoms with E-state index in [1.807, 2.05) is 18.3 Å². The summed E-state index contributed by atoms with van der Waals surface area (Å²) in [6.45, 7) is 2.01. The van der Waals surface area contributed by atoms with Gasteiger partial charge in [0.25, 0.3) is 0 Å². The van der Waals surface area contributed by atoms with Gasteiger partial charge in [-0.15, -0.1) is 0 Å². The predicted octanol–water partition coefficient (Wildman–Crippen LogP) is 3.13. The zero-order valence-corrected chi connectivity index (χ0v) is 15.0. The van der Waals surface area contributed by atoms with Gasteiger partial charge in [0, 0.05) is 48.0 Å². The number of pyridine rings is 1. The second kappa shape index (κ2) is 6.02. The molecule has 4 heterocycles. The van der Waals surface area contributed by atoms with E-state index in [0.29, 0.717) is 6.04 Å². The van der Waals surface area contributed by atoms with E-state index in [0.717, 1.165) is 37.5 Å². The molecule has 0 saturated carbocycles. The molecule has 5 rings (SSSR count). The normalized spacial score (nSPS) is 24.5. The molecule has 5 heteroatoms. The van der Waals surface area contributed by atoms with E-state index >= 15 is 0 Å². The number of hydrogen-bond acceptors (Lipinski definition) is 4. The number of aromatic nitrogens is 2. The fraction of sp³-hybridized carbons (Fsp3) is 0.381. The van der Waals surface area contributed by atoms with E-state index in [-0.39, 0.29) is 5.54 Å². The third-order valence-corrected chi connectivity index (χ3v) is 6.04.